The first-order chi connectivity index (χ1) is 19.9. The molecule has 0 aromatic carbocycles. The van der Waals surface area contributed by atoms with Crippen LogP contribution in [0.4, 0.5) is 4.79 Å². The molecule has 3 aliphatic rings. The first kappa shape index (κ1) is 34.5. The molecule has 10 nitrogen and oxygen atoms in total. The van der Waals surface area contributed by atoms with E-state index in [-0.39, 0.29) is 66.3 Å². The Balaban J connectivity index is 1.63. The van der Waals surface area contributed by atoms with E-state index in [4.69, 9.17) is 23.7 Å². The number of aliphatic hydroxyl groups excluding tert-OH is 1. The number of carbonyl (C=O) groups excluding carboxylic acids is 2. The average Bonchev–Trinajstić information content (AvgIpc) is 3.67. The largest absolute Gasteiger partial charge is 0.469 e. The Bertz CT molecular complexity index is 947. The lowest BCUT2D eigenvalue weighted by Crippen LogP contribution is -2.48. The Kier molecular flexibility index (Phi) is 12.9. The fourth-order valence-corrected chi connectivity index (χ4v) is 6.67. The zero-order valence-corrected chi connectivity index (χ0v) is 26.8. The SMILES string of the molecule is COC(=O)C[C@H]1C[C@@H](OC(=O)N2CCCNCC2)[C@H](C)[C@@H](/C(C)=C/C=C/[C@@H](C)C[C@@]2(C)O[C@@H]2[C@H](C)[C@@H](OC)[C@@H](C)O)O1. The maximum Gasteiger partial charge on any atom is 0.410 e. The predicted octanol–water partition coefficient (Wildman–Crippen LogP) is 3.86. The molecule has 10 atom stereocenters. The number of allylic oxidation sites excluding steroid dienone is 3. The van der Waals surface area contributed by atoms with Crippen LogP contribution in [0.15, 0.2) is 23.8 Å². The van der Waals surface area contributed by atoms with E-state index in [0.29, 0.717) is 19.5 Å². The number of ether oxygens (including phenoxy) is 5. The van der Waals surface area contributed by atoms with Gasteiger partial charge in [-0.2, -0.15) is 0 Å². The highest BCUT2D eigenvalue weighted by Gasteiger charge is 2.56. The third-order valence-corrected chi connectivity index (χ3v) is 9.03. The van der Waals surface area contributed by atoms with Gasteiger partial charge in [-0.3, -0.25) is 4.79 Å². The Labute approximate surface area is 252 Å². The topological polar surface area (TPSA) is 119 Å². The number of rotatable bonds is 12. The summed E-state index contributed by atoms with van der Waals surface area (Å²) in [6.45, 7) is 15.1. The number of hydrogen-bond acceptors (Lipinski definition) is 9. The number of epoxide rings is 1. The molecule has 2 N–H and O–H groups in total. The molecule has 240 valence electrons. The molecule has 0 spiro atoms. The first-order valence-corrected chi connectivity index (χ1v) is 15.5. The van der Waals surface area contributed by atoms with Crippen molar-refractivity contribution in [3.63, 3.8) is 0 Å². The Hall–Kier alpha value is -1.98. The van der Waals surface area contributed by atoms with Gasteiger partial charge in [-0.15, -0.1) is 0 Å². The van der Waals surface area contributed by atoms with Crippen molar-refractivity contribution >= 4 is 12.1 Å². The van der Waals surface area contributed by atoms with Crippen LogP contribution in [0.1, 0.15) is 67.2 Å². The third-order valence-electron chi connectivity index (χ3n) is 9.03. The van der Waals surface area contributed by atoms with E-state index in [1.165, 1.54) is 7.11 Å². The van der Waals surface area contributed by atoms with Gasteiger partial charge in [-0.25, -0.2) is 4.79 Å². The molecule has 3 fully saturated rings. The summed E-state index contributed by atoms with van der Waals surface area (Å²) in [5.74, 6) is -0.0867. The van der Waals surface area contributed by atoms with E-state index < -0.39 is 12.2 Å². The molecule has 0 bridgehead atoms. The quantitative estimate of drug-likeness (QED) is 0.197. The molecule has 0 aliphatic carbocycles. The molecule has 42 heavy (non-hydrogen) atoms. The fraction of sp³-hybridized carbons (Fsp3) is 0.812. The summed E-state index contributed by atoms with van der Waals surface area (Å²) in [5.41, 5.74) is 0.747. The van der Waals surface area contributed by atoms with E-state index in [0.717, 1.165) is 31.5 Å². The Morgan fingerprint density at radius 3 is 2.60 bits per heavy atom. The molecule has 3 saturated heterocycles. The number of methoxy groups -OCH3 is 2. The second-order valence-electron chi connectivity index (χ2n) is 12.7. The molecule has 0 aromatic heterocycles. The predicted molar refractivity (Wildman–Crippen MR) is 160 cm³/mol. The van der Waals surface area contributed by atoms with Gasteiger partial charge in [0.1, 0.15) is 6.10 Å². The van der Waals surface area contributed by atoms with Gasteiger partial charge in [0, 0.05) is 45.0 Å². The van der Waals surface area contributed by atoms with Crippen molar-refractivity contribution in [3.8, 4) is 0 Å². The molecule has 0 unspecified atom stereocenters. The number of hydrogen-bond donors (Lipinski definition) is 2. The summed E-state index contributed by atoms with van der Waals surface area (Å²) in [4.78, 5) is 26.9. The number of nitrogens with zero attached hydrogens (tertiary/aromatic N) is 1. The number of carbonyl (C=O) groups is 2. The molecule has 0 saturated carbocycles. The molecule has 3 heterocycles. The summed E-state index contributed by atoms with van der Waals surface area (Å²) >= 11 is 0. The van der Waals surface area contributed by atoms with Crippen molar-refractivity contribution in [2.45, 2.75) is 109 Å². The van der Waals surface area contributed by atoms with Gasteiger partial charge in [0.05, 0.1) is 49.7 Å². The third kappa shape index (κ3) is 9.26. The van der Waals surface area contributed by atoms with Crippen molar-refractivity contribution in [2.24, 2.45) is 17.8 Å². The molecule has 3 aliphatic heterocycles. The lowest BCUT2D eigenvalue weighted by Gasteiger charge is -2.41. The number of amides is 1. The number of nitrogens with one attached hydrogen (secondary N) is 1. The van der Waals surface area contributed by atoms with Gasteiger partial charge in [-0.1, -0.05) is 39.0 Å². The van der Waals surface area contributed by atoms with Gasteiger partial charge < -0.3 is 39.0 Å². The molecular weight excluding hydrogens is 540 g/mol. The molecule has 0 aromatic rings. The summed E-state index contributed by atoms with van der Waals surface area (Å²) in [6, 6.07) is 0. The summed E-state index contributed by atoms with van der Waals surface area (Å²) in [6.07, 6.45) is 6.36. The van der Waals surface area contributed by atoms with E-state index >= 15 is 0 Å². The summed E-state index contributed by atoms with van der Waals surface area (Å²) in [5, 5.41) is 13.4. The zero-order chi connectivity index (χ0) is 31.0. The second-order valence-corrected chi connectivity index (χ2v) is 12.7. The fourth-order valence-electron chi connectivity index (χ4n) is 6.67. The lowest BCUT2D eigenvalue weighted by molar-refractivity contribution is -0.154. The molecular formula is C32H54N2O8. The van der Waals surface area contributed by atoms with Crippen molar-refractivity contribution in [1.29, 1.82) is 0 Å². The highest BCUT2D eigenvalue weighted by molar-refractivity contribution is 5.70. The standard InChI is InChI=1S/C32H54N2O8/c1-20(19-32(6)30(42-32)23(4)29(39-8)24(5)35)11-9-12-21(2)28-22(3)26(17-25(40-28)18-27(36)38-7)41-31(37)34-15-10-13-33-14-16-34/h9,11-12,20,22-26,28-30,33,35H,10,13-19H2,1-8H3/b11-9+,21-12+/t20-,22+,23-,24-,25-,26-,28-,29-,30-,32-/m1/s1. The van der Waals surface area contributed by atoms with Crippen LogP contribution in [0.25, 0.3) is 0 Å². The molecule has 0 radical (unpaired) electrons. The highest BCUT2D eigenvalue weighted by Crippen LogP contribution is 2.47. The van der Waals surface area contributed by atoms with Crippen LogP contribution < -0.4 is 5.32 Å². The maximum atomic E-state index is 13.0. The minimum absolute atomic E-state index is 0.0404. The van der Waals surface area contributed by atoms with Gasteiger partial charge in [0.15, 0.2) is 0 Å². The van der Waals surface area contributed by atoms with Crippen LogP contribution in [0.5, 0.6) is 0 Å². The van der Waals surface area contributed by atoms with Crippen LogP contribution in [0, 0.1) is 17.8 Å². The first-order valence-electron chi connectivity index (χ1n) is 15.5. The van der Waals surface area contributed by atoms with Crippen molar-refractivity contribution in [1.82, 2.24) is 10.2 Å². The normalized spacial score (nSPS) is 33.4. The second kappa shape index (κ2) is 15.7. The van der Waals surface area contributed by atoms with Crippen LogP contribution >= 0.6 is 0 Å². The summed E-state index contributed by atoms with van der Waals surface area (Å²) < 4.78 is 28.9. The minimum atomic E-state index is -0.560. The number of esters is 1. The monoisotopic (exact) mass is 594 g/mol. The highest BCUT2D eigenvalue weighted by atomic mass is 16.6. The zero-order valence-electron chi connectivity index (χ0n) is 26.8. The van der Waals surface area contributed by atoms with Gasteiger partial charge in [-0.05, 0) is 51.6 Å². The maximum absolute atomic E-state index is 13.0. The van der Waals surface area contributed by atoms with E-state index in [9.17, 15) is 14.7 Å². The van der Waals surface area contributed by atoms with Crippen molar-refractivity contribution in [2.75, 3.05) is 40.4 Å². The Morgan fingerprint density at radius 1 is 1.19 bits per heavy atom. The van der Waals surface area contributed by atoms with Crippen LogP contribution in [0.2, 0.25) is 0 Å². The van der Waals surface area contributed by atoms with Gasteiger partial charge >= 0.3 is 12.1 Å². The van der Waals surface area contributed by atoms with Crippen LogP contribution in [-0.2, 0) is 28.5 Å². The minimum Gasteiger partial charge on any atom is -0.469 e. The molecule has 10 heteroatoms. The van der Waals surface area contributed by atoms with E-state index in [1.807, 2.05) is 26.0 Å². The molecule has 1 amide bonds. The lowest BCUT2D eigenvalue weighted by atomic mass is 9.85. The van der Waals surface area contributed by atoms with Crippen LogP contribution in [-0.4, -0.2) is 105 Å². The Morgan fingerprint density at radius 2 is 1.93 bits per heavy atom. The average molecular weight is 595 g/mol. The van der Waals surface area contributed by atoms with Gasteiger partial charge in [0.2, 0.25) is 0 Å². The van der Waals surface area contributed by atoms with Crippen molar-refractivity contribution in [3.05, 3.63) is 23.8 Å². The van der Waals surface area contributed by atoms with E-state index in [1.54, 1.807) is 18.9 Å². The van der Waals surface area contributed by atoms with Crippen molar-refractivity contribution < 1.29 is 38.4 Å². The summed E-state index contributed by atoms with van der Waals surface area (Å²) in [7, 11) is 2.99. The van der Waals surface area contributed by atoms with Gasteiger partial charge in [0.25, 0.3) is 0 Å². The molecule has 3 rings (SSSR count). The smallest absolute Gasteiger partial charge is 0.410 e. The van der Waals surface area contributed by atoms with Crippen LogP contribution in [0.3, 0.4) is 0 Å². The van der Waals surface area contributed by atoms with E-state index in [2.05, 4.69) is 32.2 Å². The number of aliphatic hydroxyl groups is 1.